The van der Waals surface area contributed by atoms with Crippen LogP contribution in [0.4, 0.5) is 11.6 Å². The van der Waals surface area contributed by atoms with Gasteiger partial charge in [-0.3, -0.25) is 0 Å². The van der Waals surface area contributed by atoms with Gasteiger partial charge in [0.25, 0.3) is 0 Å². The molecule has 2 heterocycles. The van der Waals surface area contributed by atoms with Crippen molar-refractivity contribution in [2.24, 2.45) is 0 Å². The Morgan fingerprint density at radius 1 is 0.889 bits per heavy atom. The lowest BCUT2D eigenvalue weighted by atomic mass is 9.78. The average Bonchev–Trinajstić information content (AvgIpc) is 3.11. The zero-order valence-electron chi connectivity index (χ0n) is 16.8. The Hall–Kier alpha value is -2.42. The summed E-state index contributed by atoms with van der Waals surface area (Å²) in [6.07, 6.45) is 6.37. The summed E-state index contributed by atoms with van der Waals surface area (Å²) in [6, 6.07) is 13.3. The molecule has 138 valence electrons. The fourth-order valence-corrected chi connectivity index (χ4v) is 5.24. The lowest BCUT2D eigenvalue weighted by Crippen LogP contribution is -2.40. The largest absolute Gasteiger partial charge is 0.405 e. The molecule has 27 heavy (non-hydrogen) atoms. The number of benzene rings is 2. The molecule has 5 rings (SSSR count). The van der Waals surface area contributed by atoms with E-state index in [1.165, 1.54) is 65.7 Å². The number of aromatic nitrogens is 2. The van der Waals surface area contributed by atoms with Gasteiger partial charge in [-0.1, -0.05) is 29.6 Å². The van der Waals surface area contributed by atoms with Gasteiger partial charge in [-0.25, -0.2) is 4.57 Å². The van der Waals surface area contributed by atoms with Crippen molar-refractivity contribution in [2.75, 3.05) is 0 Å². The summed E-state index contributed by atoms with van der Waals surface area (Å²) in [6.45, 7) is 8.94. The molecule has 1 saturated carbocycles. The van der Waals surface area contributed by atoms with Crippen LogP contribution in [-0.2, 0) is 5.54 Å². The van der Waals surface area contributed by atoms with Crippen LogP contribution in [0.15, 0.2) is 36.4 Å². The Morgan fingerprint density at radius 2 is 1.59 bits per heavy atom. The van der Waals surface area contributed by atoms with Crippen LogP contribution < -0.4 is 4.58 Å². The smallest absolute Gasteiger partial charge is 0.212 e. The van der Waals surface area contributed by atoms with Gasteiger partial charge in [-0.15, -0.1) is 0 Å². The van der Waals surface area contributed by atoms with E-state index in [1.807, 2.05) is 0 Å². The van der Waals surface area contributed by atoms with E-state index >= 15 is 0 Å². The van der Waals surface area contributed by atoms with E-state index in [9.17, 15) is 0 Å². The summed E-state index contributed by atoms with van der Waals surface area (Å²) in [5.74, 6) is 1.10. The molecule has 3 nitrogen and oxygen atoms in total. The zero-order chi connectivity index (χ0) is 18.8. The number of nitrogens with zero attached hydrogens (tertiary/aromatic N) is 3. The van der Waals surface area contributed by atoms with Crippen LogP contribution in [0.2, 0.25) is 0 Å². The van der Waals surface area contributed by atoms with Crippen molar-refractivity contribution in [3.8, 4) is 0 Å². The van der Waals surface area contributed by atoms with E-state index in [0.717, 1.165) is 11.5 Å². The Morgan fingerprint density at radius 3 is 2.33 bits per heavy atom. The summed E-state index contributed by atoms with van der Waals surface area (Å²) < 4.78 is 5.01. The highest BCUT2D eigenvalue weighted by atomic mass is 15.3. The quantitative estimate of drug-likeness (QED) is 0.494. The van der Waals surface area contributed by atoms with Gasteiger partial charge in [-0.05, 0) is 88.3 Å². The minimum Gasteiger partial charge on any atom is -0.212 e. The van der Waals surface area contributed by atoms with Crippen LogP contribution in [0.3, 0.4) is 0 Å². The molecular formula is C24H28N3+. The fraction of sp³-hybridized carbons (Fsp3) is 0.417. The van der Waals surface area contributed by atoms with Crippen LogP contribution in [0, 0.1) is 20.8 Å². The van der Waals surface area contributed by atoms with Crippen molar-refractivity contribution in [2.45, 2.75) is 65.3 Å². The molecule has 1 spiro atoms. The second-order valence-electron chi connectivity index (χ2n) is 8.47. The molecule has 2 aliphatic rings. The molecule has 2 aromatic carbocycles. The van der Waals surface area contributed by atoms with Crippen LogP contribution in [0.5, 0.6) is 0 Å². The third-order valence-corrected chi connectivity index (χ3v) is 6.93. The summed E-state index contributed by atoms with van der Waals surface area (Å²) in [4.78, 5) is 5.16. The maximum Gasteiger partial charge on any atom is 0.405 e. The Balaban J connectivity index is 1.87. The van der Waals surface area contributed by atoms with Crippen molar-refractivity contribution in [1.29, 1.82) is 0 Å². The molecule has 1 aromatic heterocycles. The predicted octanol–water partition coefficient (Wildman–Crippen LogP) is 5.93. The van der Waals surface area contributed by atoms with Crippen molar-refractivity contribution in [3.63, 3.8) is 0 Å². The van der Waals surface area contributed by atoms with Crippen molar-refractivity contribution in [3.05, 3.63) is 53.1 Å². The van der Waals surface area contributed by atoms with Gasteiger partial charge in [0.2, 0.25) is 0 Å². The molecule has 0 atom stereocenters. The normalized spacial score (nSPS) is 18.5. The molecule has 0 radical (unpaired) electrons. The van der Waals surface area contributed by atoms with E-state index in [-0.39, 0.29) is 5.54 Å². The van der Waals surface area contributed by atoms with E-state index in [0.29, 0.717) is 0 Å². The van der Waals surface area contributed by atoms with Gasteiger partial charge in [0.05, 0.1) is 5.71 Å². The molecule has 0 saturated heterocycles. The van der Waals surface area contributed by atoms with Gasteiger partial charge in [-0.2, -0.15) is 4.58 Å². The number of aryl methyl sites for hydroxylation is 3. The van der Waals surface area contributed by atoms with Gasteiger partial charge in [0, 0.05) is 0 Å². The lowest BCUT2D eigenvalue weighted by Gasteiger charge is -2.32. The Kier molecular flexibility index (Phi) is 3.59. The standard InChI is InChI=1S/C24H28N3/c1-16-10-6-7-11-21(16)26-19(4)24(12-8-5-9-13-24)27-22-15-18(3)17(2)14-20(22)25-23(26)27/h6-7,10-11,14-15H,5,8-9,12-13H2,1-4H3/q+1. The zero-order valence-corrected chi connectivity index (χ0v) is 16.8. The molecule has 0 bridgehead atoms. The van der Waals surface area contributed by atoms with Gasteiger partial charge in [0.1, 0.15) is 16.7 Å². The molecule has 3 heteroatoms. The topological polar surface area (TPSA) is 20.8 Å². The maximum absolute atomic E-state index is 5.16. The van der Waals surface area contributed by atoms with Crippen molar-refractivity contribution < 1.29 is 0 Å². The average molecular weight is 359 g/mol. The number of hydrogen-bond donors (Lipinski definition) is 0. The third kappa shape index (κ3) is 2.20. The number of hydrogen-bond acceptors (Lipinski definition) is 1. The highest BCUT2D eigenvalue weighted by Gasteiger charge is 2.52. The molecule has 3 aromatic rings. The Bertz CT molecular complexity index is 1090. The summed E-state index contributed by atoms with van der Waals surface area (Å²) >= 11 is 0. The van der Waals surface area contributed by atoms with Gasteiger partial charge >= 0.3 is 5.95 Å². The van der Waals surface area contributed by atoms with Crippen molar-refractivity contribution >= 4 is 28.4 Å². The lowest BCUT2D eigenvalue weighted by molar-refractivity contribution is 0.298. The fourth-order valence-electron chi connectivity index (χ4n) is 5.24. The molecule has 0 N–H and O–H groups in total. The first-order valence-corrected chi connectivity index (χ1v) is 10.2. The van der Waals surface area contributed by atoms with Crippen LogP contribution in [-0.4, -0.2) is 15.3 Å². The second-order valence-corrected chi connectivity index (χ2v) is 8.47. The highest BCUT2D eigenvalue weighted by molar-refractivity contribution is 6.00. The van der Waals surface area contributed by atoms with E-state index < -0.39 is 0 Å². The van der Waals surface area contributed by atoms with Crippen LogP contribution >= 0.6 is 0 Å². The third-order valence-electron chi connectivity index (χ3n) is 6.93. The molecule has 1 aliphatic carbocycles. The van der Waals surface area contributed by atoms with E-state index in [1.54, 1.807) is 0 Å². The number of fused-ring (bicyclic) bond motifs is 4. The minimum atomic E-state index is 0.0757. The van der Waals surface area contributed by atoms with Crippen LogP contribution in [0.1, 0.15) is 55.7 Å². The molecule has 0 amide bonds. The Labute approximate surface area is 161 Å². The number of rotatable bonds is 1. The first kappa shape index (κ1) is 16.7. The second kappa shape index (κ2) is 5.79. The van der Waals surface area contributed by atoms with Crippen molar-refractivity contribution in [1.82, 2.24) is 14.1 Å². The first-order chi connectivity index (χ1) is 13.0. The first-order valence-electron chi connectivity index (χ1n) is 10.2. The molecular weight excluding hydrogens is 330 g/mol. The van der Waals surface area contributed by atoms with Gasteiger partial charge < -0.3 is 0 Å². The monoisotopic (exact) mass is 358 g/mol. The molecule has 1 fully saturated rings. The molecule has 1 aliphatic heterocycles. The van der Waals surface area contributed by atoms with E-state index in [4.69, 9.17) is 4.98 Å². The van der Waals surface area contributed by atoms with Gasteiger partial charge in [0.15, 0.2) is 5.52 Å². The minimum absolute atomic E-state index is 0.0757. The highest BCUT2D eigenvalue weighted by Crippen LogP contribution is 2.47. The summed E-state index contributed by atoms with van der Waals surface area (Å²) in [5.41, 5.74) is 9.18. The SMILES string of the molecule is CC1=[N+](c2ccccc2C)c2nc3cc(C)c(C)cc3n2C12CCCCC2. The molecule has 0 unspecified atom stereocenters. The number of imidazole rings is 1. The predicted molar refractivity (Wildman–Crippen MR) is 114 cm³/mol. The van der Waals surface area contributed by atoms with Crippen LogP contribution in [0.25, 0.3) is 11.0 Å². The maximum atomic E-state index is 5.16. The summed E-state index contributed by atoms with van der Waals surface area (Å²) in [7, 11) is 0. The summed E-state index contributed by atoms with van der Waals surface area (Å²) in [5, 5.41) is 0. The van der Waals surface area contributed by atoms with E-state index in [2.05, 4.69) is 73.2 Å². The number of para-hydroxylation sites is 1.